The maximum Gasteiger partial charge on any atom is 0.251 e. The minimum absolute atomic E-state index is 0.252. The molecular formula is C26H18BrCl2N5O2. The molecule has 180 valence electrons. The van der Waals surface area contributed by atoms with E-state index in [1.54, 1.807) is 48.9 Å². The van der Waals surface area contributed by atoms with Crippen molar-refractivity contribution in [2.45, 2.75) is 12.6 Å². The number of hydrogen-bond acceptors (Lipinski definition) is 5. The van der Waals surface area contributed by atoms with Crippen LogP contribution in [-0.2, 0) is 6.54 Å². The molecule has 0 radical (unpaired) electrons. The fourth-order valence-electron chi connectivity index (χ4n) is 3.70. The summed E-state index contributed by atoms with van der Waals surface area (Å²) >= 11 is 16.0. The molecule has 0 bridgehead atoms. The van der Waals surface area contributed by atoms with E-state index in [1.807, 2.05) is 41.1 Å². The van der Waals surface area contributed by atoms with Gasteiger partial charge in [-0.2, -0.15) is 0 Å². The number of aromatic nitrogens is 4. The molecule has 0 aliphatic carbocycles. The fourth-order valence-corrected chi connectivity index (χ4v) is 4.63. The number of carbonyl (C=O) groups excluding carboxylic acids is 1. The molecule has 10 heteroatoms. The van der Waals surface area contributed by atoms with E-state index in [0.717, 1.165) is 15.6 Å². The van der Waals surface area contributed by atoms with E-state index in [9.17, 15) is 4.79 Å². The Kier molecular flexibility index (Phi) is 7.18. The van der Waals surface area contributed by atoms with Crippen molar-refractivity contribution >= 4 is 45.0 Å². The first-order chi connectivity index (χ1) is 17.5. The molecule has 0 saturated carbocycles. The van der Waals surface area contributed by atoms with Crippen LogP contribution in [0.4, 0.5) is 0 Å². The molecule has 1 amide bonds. The predicted molar refractivity (Wildman–Crippen MR) is 142 cm³/mol. The maximum atomic E-state index is 13.1. The molecule has 3 aromatic carbocycles. The average molecular weight is 583 g/mol. The van der Waals surface area contributed by atoms with Gasteiger partial charge < -0.3 is 14.3 Å². The SMILES string of the molecule is O=C(N[C@@H](Cn1ccnc1)c1ccc(Cl)cc1Cl)c1ccc(-c2nnc(-c3cccc(Br)c3)o2)cc1. The van der Waals surface area contributed by atoms with Crippen molar-refractivity contribution in [3.05, 3.63) is 111 Å². The van der Waals surface area contributed by atoms with Gasteiger partial charge in [-0.25, -0.2) is 4.98 Å². The zero-order valence-electron chi connectivity index (χ0n) is 18.6. The summed E-state index contributed by atoms with van der Waals surface area (Å²) in [7, 11) is 0. The van der Waals surface area contributed by atoms with Crippen molar-refractivity contribution in [3.8, 4) is 22.9 Å². The van der Waals surface area contributed by atoms with Gasteiger partial charge in [0, 0.05) is 50.1 Å². The number of hydrogen-bond donors (Lipinski definition) is 1. The molecule has 1 N–H and O–H groups in total. The second-order valence-electron chi connectivity index (χ2n) is 7.95. The molecule has 1 atom stereocenters. The van der Waals surface area contributed by atoms with Crippen molar-refractivity contribution in [2.75, 3.05) is 0 Å². The standard InChI is InChI=1S/C26H18BrCl2N5O2/c27-19-3-1-2-18(12-19)26-33-32-25(36-26)17-6-4-16(5-7-17)24(35)31-23(14-34-11-10-30-15-34)21-9-8-20(28)13-22(21)29/h1-13,15,23H,14H2,(H,31,35)/t23-/m0/s1. The highest BCUT2D eigenvalue weighted by Crippen LogP contribution is 2.29. The molecule has 0 unspecified atom stereocenters. The largest absolute Gasteiger partial charge is 0.416 e. The number of rotatable bonds is 7. The normalized spacial score (nSPS) is 11.9. The van der Waals surface area contributed by atoms with Crippen molar-refractivity contribution in [1.29, 1.82) is 0 Å². The summed E-state index contributed by atoms with van der Waals surface area (Å²) in [6.45, 7) is 0.450. The Labute approximate surface area is 225 Å². The van der Waals surface area contributed by atoms with Gasteiger partial charge in [0.15, 0.2) is 0 Å². The van der Waals surface area contributed by atoms with E-state index in [0.29, 0.717) is 39.5 Å². The molecule has 2 heterocycles. The molecule has 5 rings (SSSR count). The third-order valence-corrected chi connectivity index (χ3v) is 6.54. The molecule has 2 aromatic heterocycles. The summed E-state index contributed by atoms with van der Waals surface area (Å²) in [6, 6.07) is 19.4. The Morgan fingerprint density at radius 3 is 2.47 bits per heavy atom. The molecule has 5 aromatic rings. The number of halogens is 3. The molecule has 0 fully saturated rings. The number of benzene rings is 3. The van der Waals surface area contributed by atoms with Crippen LogP contribution in [0.1, 0.15) is 22.0 Å². The lowest BCUT2D eigenvalue weighted by molar-refractivity contribution is 0.0932. The summed E-state index contributed by atoms with van der Waals surface area (Å²) in [5.74, 6) is 0.524. The highest BCUT2D eigenvalue weighted by atomic mass is 79.9. The van der Waals surface area contributed by atoms with Crippen molar-refractivity contribution in [1.82, 2.24) is 25.1 Å². The summed E-state index contributed by atoms with van der Waals surface area (Å²) in [5, 5.41) is 12.3. The summed E-state index contributed by atoms with van der Waals surface area (Å²) in [6.07, 6.45) is 5.19. The maximum absolute atomic E-state index is 13.1. The van der Waals surface area contributed by atoms with Crippen molar-refractivity contribution < 1.29 is 9.21 Å². The number of imidazole rings is 1. The summed E-state index contributed by atoms with van der Waals surface area (Å²) in [4.78, 5) is 17.2. The zero-order valence-corrected chi connectivity index (χ0v) is 21.7. The van der Waals surface area contributed by atoms with Gasteiger partial charge in [0.25, 0.3) is 5.91 Å². The van der Waals surface area contributed by atoms with Crippen LogP contribution in [0.15, 0.2) is 94.3 Å². The van der Waals surface area contributed by atoms with E-state index >= 15 is 0 Å². The zero-order chi connectivity index (χ0) is 25.1. The van der Waals surface area contributed by atoms with Crippen molar-refractivity contribution in [3.63, 3.8) is 0 Å². The van der Waals surface area contributed by atoms with E-state index in [4.69, 9.17) is 27.6 Å². The van der Waals surface area contributed by atoms with Crippen molar-refractivity contribution in [2.24, 2.45) is 0 Å². The summed E-state index contributed by atoms with van der Waals surface area (Å²) in [5.41, 5.74) is 2.75. The number of nitrogens with one attached hydrogen (secondary N) is 1. The molecule has 0 spiro atoms. The van der Waals surface area contributed by atoms with E-state index in [1.165, 1.54) is 0 Å². The Balaban J connectivity index is 1.34. The number of nitrogens with zero attached hydrogens (tertiary/aromatic N) is 4. The Morgan fingerprint density at radius 1 is 1.00 bits per heavy atom. The monoisotopic (exact) mass is 581 g/mol. The van der Waals surface area contributed by atoms with Gasteiger partial charge in [0.05, 0.1) is 12.4 Å². The molecule has 0 saturated heterocycles. The minimum atomic E-state index is -0.403. The van der Waals surface area contributed by atoms with Gasteiger partial charge in [0.2, 0.25) is 11.8 Å². The van der Waals surface area contributed by atoms with Gasteiger partial charge in [-0.05, 0) is 60.2 Å². The van der Waals surface area contributed by atoms with Crippen LogP contribution >= 0.6 is 39.1 Å². The van der Waals surface area contributed by atoms with Crippen LogP contribution in [0, 0.1) is 0 Å². The second kappa shape index (κ2) is 10.7. The van der Waals surface area contributed by atoms with E-state index in [2.05, 4.69) is 36.4 Å². The van der Waals surface area contributed by atoms with Crippen LogP contribution < -0.4 is 5.32 Å². The van der Waals surface area contributed by atoms with E-state index < -0.39 is 6.04 Å². The number of carbonyl (C=O) groups is 1. The van der Waals surface area contributed by atoms with Crippen LogP contribution in [-0.4, -0.2) is 25.7 Å². The summed E-state index contributed by atoms with van der Waals surface area (Å²) < 4.78 is 8.63. The highest BCUT2D eigenvalue weighted by Gasteiger charge is 2.20. The Morgan fingerprint density at radius 2 is 1.78 bits per heavy atom. The number of amides is 1. The molecule has 36 heavy (non-hydrogen) atoms. The topological polar surface area (TPSA) is 85.8 Å². The Bertz CT molecular complexity index is 1500. The molecule has 7 nitrogen and oxygen atoms in total. The quantitative estimate of drug-likeness (QED) is 0.227. The second-order valence-corrected chi connectivity index (χ2v) is 9.71. The molecule has 0 aliphatic rings. The minimum Gasteiger partial charge on any atom is -0.416 e. The van der Waals surface area contributed by atoms with Gasteiger partial charge in [-0.15, -0.1) is 10.2 Å². The third kappa shape index (κ3) is 5.51. The van der Waals surface area contributed by atoms with E-state index in [-0.39, 0.29) is 5.91 Å². The Hall–Kier alpha value is -3.46. The highest BCUT2D eigenvalue weighted by molar-refractivity contribution is 9.10. The van der Waals surface area contributed by atoms with Gasteiger partial charge >= 0.3 is 0 Å². The van der Waals surface area contributed by atoms with Gasteiger partial charge in [-0.3, -0.25) is 4.79 Å². The lowest BCUT2D eigenvalue weighted by atomic mass is 10.1. The molecular weight excluding hydrogens is 565 g/mol. The van der Waals surface area contributed by atoms with Crippen LogP contribution in [0.2, 0.25) is 10.0 Å². The lowest BCUT2D eigenvalue weighted by Crippen LogP contribution is -2.31. The van der Waals surface area contributed by atoms with Crippen LogP contribution in [0.25, 0.3) is 22.9 Å². The first-order valence-corrected chi connectivity index (χ1v) is 12.4. The van der Waals surface area contributed by atoms with Gasteiger partial charge in [0.1, 0.15) is 0 Å². The van der Waals surface area contributed by atoms with Gasteiger partial charge in [-0.1, -0.05) is 51.3 Å². The smallest absolute Gasteiger partial charge is 0.251 e. The predicted octanol–water partition coefficient (Wildman–Crippen LogP) is 6.84. The average Bonchev–Trinajstić information content (AvgIpc) is 3.56. The van der Waals surface area contributed by atoms with Crippen LogP contribution in [0.5, 0.6) is 0 Å². The lowest BCUT2D eigenvalue weighted by Gasteiger charge is -2.21. The first kappa shape index (κ1) is 24.2. The van der Waals surface area contributed by atoms with Crippen LogP contribution in [0.3, 0.4) is 0 Å². The third-order valence-electron chi connectivity index (χ3n) is 5.49. The first-order valence-electron chi connectivity index (χ1n) is 10.9. The fraction of sp³-hybridized carbons (Fsp3) is 0.0769. The molecule has 0 aliphatic heterocycles.